The third-order valence-corrected chi connectivity index (χ3v) is 4.95. The molecule has 2 aromatic rings. The molecular formula is C24H29NO6. The quantitative estimate of drug-likeness (QED) is 0.263. The fraction of sp³-hybridized carbons (Fsp3) is 0.417. The number of rotatable bonds is 10. The summed E-state index contributed by atoms with van der Waals surface area (Å²) in [5, 5.41) is 11.0. The zero-order chi connectivity index (χ0) is 22.4. The molecule has 1 unspecified atom stereocenters. The van der Waals surface area contributed by atoms with Crippen LogP contribution in [0.5, 0.6) is 5.75 Å². The fourth-order valence-corrected chi connectivity index (χ4v) is 3.49. The van der Waals surface area contributed by atoms with Crippen LogP contribution in [0.4, 0.5) is 0 Å². The van der Waals surface area contributed by atoms with Crippen LogP contribution in [0.3, 0.4) is 0 Å². The molecule has 3 rings (SSSR count). The number of carbonyl (C=O) groups is 2. The topological polar surface area (TPSA) is 89.2 Å². The van der Waals surface area contributed by atoms with Gasteiger partial charge in [0, 0.05) is 18.7 Å². The molecule has 1 aliphatic rings. The maximum Gasteiger partial charge on any atom is 0.295 e. The van der Waals surface area contributed by atoms with Crippen LogP contribution in [0, 0.1) is 0 Å². The molecule has 0 saturated carbocycles. The average Bonchev–Trinajstić information content (AvgIpc) is 3.37. The first-order chi connectivity index (χ1) is 14.9. The van der Waals surface area contributed by atoms with Crippen molar-refractivity contribution < 1.29 is 28.6 Å². The summed E-state index contributed by atoms with van der Waals surface area (Å²) in [6, 6.07) is 9.40. The molecule has 1 aromatic carbocycles. The Kier molecular flexibility index (Phi) is 7.52. The number of hydrogen-bond acceptors (Lipinski definition) is 6. The van der Waals surface area contributed by atoms with Crippen molar-refractivity contribution in [2.24, 2.45) is 0 Å². The van der Waals surface area contributed by atoms with Gasteiger partial charge in [0.25, 0.3) is 11.7 Å². The highest BCUT2D eigenvalue weighted by Crippen LogP contribution is 2.39. The van der Waals surface area contributed by atoms with E-state index in [0.29, 0.717) is 43.3 Å². The zero-order valence-corrected chi connectivity index (χ0v) is 18.2. The largest absolute Gasteiger partial charge is 0.507 e. The number of carbonyl (C=O) groups excluding carboxylic acids is 2. The van der Waals surface area contributed by atoms with E-state index in [0.717, 1.165) is 6.42 Å². The average molecular weight is 427 g/mol. The van der Waals surface area contributed by atoms with Gasteiger partial charge in [-0.3, -0.25) is 9.59 Å². The van der Waals surface area contributed by atoms with E-state index < -0.39 is 17.7 Å². The summed E-state index contributed by atoms with van der Waals surface area (Å²) in [5.74, 6) is -0.520. The lowest BCUT2D eigenvalue weighted by Crippen LogP contribution is -2.31. The van der Waals surface area contributed by atoms with Crippen molar-refractivity contribution in [3.63, 3.8) is 0 Å². The van der Waals surface area contributed by atoms with Gasteiger partial charge in [0.1, 0.15) is 23.3 Å². The summed E-state index contributed by atoms with van der Waals surface area (Å²) >= 11 is 0. The first-order valence-electron chi connectivity index (χ1n) is 10.6. The summed E-state index contributed by atoms with van der Waals surface area (Å²) in [5.41, 5.74) is 0.452. The molecule has 7 nitrogen and oxygen atoms in total. The lowest BCUT2D eigenvalue weighted by molar-refractivity contribution is -0.140. The number of aliphatic hydroxyl groups is 1. The zero-order valence-electron chi connectivity index (χ0n) is 18.2. The molecule has 1 N–H and O–H groups in total. The number of furan rings is 1. The van der Waals surface area contributed by atoms with Crippen molar-refractivity contribution in [3.05, 3.63) is 59.6 Å². The van der Waals surface area contributed by atoms with Crippen LogP contribution in [0.1, 0.15) is 51.0 Å². The van der Waals surface area contributed by atoms with Gasteiger partial charge in [0.2, 0.25) is 0 Å². The Morgan fingerprint density at radius 1 is 1.16 bits per heavy atom. The smallest absolute Gasteiger partial charge is 0.295 e. The Morgan fingerprint density at radius 3 is 2.52 bits per heavy atom. The van der Waals surface area contributed by atoms with E-state index in [-0.39, 0.29) is 17.4 Å². The highest BCUT2D eigenvalue weighted by Gasteiger charge is 2.47. The van der Waals surface area contributed by atoms with E-state index in [2.05, 4.69) is 0 Å². The molecule has 1 aliphatic heterocycles. The second-order valence-corrected chi connectivity index (χ2v) is 7.65. The number of benzene rings is 1. The van der Waals surface area contributed by atoms with Gasteiger partial charge in [0.15, 0.2) is 0 Å². The molecule has 0 bridgehead atoms. The molecule has 0 radical (unpaired) electrons. The van der Waals surface area contributed by atoms with E-state index in [1.165, 1.54) is 11.2 Å². The van der Waals surface area contributed by atoms with Gasteiger partial charge in [-0.2, -0.15) is 0 Å². The Hall–Kier alpha value is -3.06. The molecule has 0 spiro atoms. The van der Waals surface area contributed by atoms with Crippen molar-refractivity contribution in [1.29, 1.82) is 0 Å². The molecule has 0 aliphatic carbocycles. The standard InChI is InChI=1S/C24H29NO6/c1-4-13-30-18-10-8-17(9-11-18)22(26)20-21(19-7-5-14-31-19)25(24(28)23(20)27)12-6-15-29-16(2)3/h5,7-11,14,16,21,26H,4,6,12-13,15H2,1-3H3/b22-20-. The molecule has 1 aromatic heterocycles. The van der Waals surface area contributed by atoms with Gasteiger partial charge in [-0.1, -0.05) is 6.92 Å². The Labute approximate surface area is 182 Å². The number of amides is 1. The second kappa shape index (κ2) is 10.3. The summed E-state index contributed by atoms with van der Waals surface area (Å²) in [7, 11) is 0. The molecule has 31 heavy (non-hydrogen) atoms. The summed E-state index contributed by atoms with van der Waals surface area (Å²) in [4.78, 5) is 27.1. The predicted octanol–water partition coefficient (Wildman–Crippen LogP) is 4.31. The fourth-order valence-electron chi connectivity index (χ4n) is 3.49. The number of Topliss-reactive ketones (excluding diaryl/α,β-unsaturated/α-hetero) is 1. The number of hydrogen-bond donors (Lipinski definition) is 1. The minimum atomic E-state index is -0.787. The highest BCUT2D eigenvalue weighted by atomic mass is 16.5. The third kappa shape index (κ3) is 5.17. The number of ether oxygens (including phenoxy) is 2. The third-order valence-electron chi connectivity index (χ3n) is 4.95. The summed E-state index contributed by atoms with van der Waals surface area (Å²) in [6.45, 7) is 7.26. The molecule has 1 fully saturated rings. The Morgan fingerprint density at radius 2 is 1.90 bits per heavy atom. The molecule has 2 heterocycles. The van der Waals surface area contributed by atoms with Crippen LogP contribution in [0.25, 0.3) is 5.76 Å². The van der Waals surface area contributed by atoms with Crippen LogP contribution in [0.2, 0.25) is 0 Å². The minimum absolute atomic E-state index is 0.0203. The first kappa shape index (κ1) is 22.6. The normalized spacial score (nSPS) is 18.2. The first-order valence-corrected chi connectivity index (χ1v) is 10.6. The molecule has 7 heteroatoms. The number of likely N-dealkylation sites (tertiary alicyclic amines) is 1. The van der Waals surface area contributed by atoms with Gasteiger partial charge in [-0.25, -0.2) is 0 Å². The Bertz CT molecular complexity index is 914. The maximum atomic E-state index is 12.9. The van der Waals surface area contributed by atoms with Gasteiger partial charge < -0.3 is 23.9 Å². The van der Waals surface area contributed by atoms with Crippen LogP contribution in [-0.2, 0) is 14.3 Å². The second-order valence-electron chi connectivity index (χ2n) is 7.65. The van der Waals surface area contributed by atoms with Crippen LogP contribution in [-0.4, -0.2) is 47.6 Å². The van der Waals surface area contributed by atoms with Gasteiger partial charge in [0.05, 0.1) is 24.5 Å². The molecule has 1 saturated heterocycles. The van der Waals surface area contributed by atoms with E-state index in [9.17, 15) is 14.7 Å². The molecule has 1 amide bonds. The Balaban J connectivity index is 1.91. The van der Waals surface area contributed by atoms with Gasteiger partial charge in [-0.15, -0.1) is 0 Å². The van der Waals surface area contributed by atoms with Crippen LogP contribution in [0.15, 0.2) is 52.7 Å². The van der Waals surface area contributed by atoms with Crippen molar-refractivity contribution >= 4 is 17.4 Å². The molecule has 166 valence electrons. The van der Waals surface area contributed by atoms with E-state index in [1.807, 2.05) is 20.8 Å². The molecule has 1 atom stereocenters. The van der Waals surface area contributed by atoms with Crippen molar-refractivity contribution in [2.45, 2.75) is 45.8 Å². The van der Waals surface area contributed by atoms with Gasteiger partial charge in [-0.05, 0) is 63.1 Å². The SMILES string of the molecule is CCCOc1ccc(/C(O)=C2/C(=O)C(=O)N(CCCOC(C)C)C2c2ccco2)cc1. The van der Waals surface area contributed by atoms with Crippen molar-refractivity contribution in [1.82, 2.24) is 4.90 Å². The lowest BCUT2D eigenvalue weighted by atomic mass is 9.99. The van der Waals surface area contributed by atoms with E-state index in [1.54, 1.807) is 36.4 Å². The molecular weight excluding hydrogens is 398 g/mol. The maximum absolute atomic E-state index is 12.9. The lowest BCUT2D eigenvalue weighted by Gasteiger charge is -2.23. The van der Waals surface area contributed by atoms with Crippen LogP contribution < -0.4 is 4.74 Å². The van der Waals surface area contributed by atoms with E-state index in [4.69, 9.17) is 13.9 Å². The minimum Gasteiger partial charge on any atom is -0.507 e. The van der Waals surface area contributed by atoms with Crippen molar-refractivity contribution in [3.8, 4) is 5.75 Å². The van der Waals surface area contributed by atoms with Gasteiger partial charge >= 0.3 is 0 Å². The number of nitrogens with zero attached hydrogens (tertiary/aromatic N) is 1. The van der Waals surface area contributed by atoms with Crippen molar-refractivity contribution in [2.75, 3.05) is 19.8 Å². The monoisotopic (exact) mass is 427 g/mol. The number of ketones is 1. The summed E-state index contributed by atoms with van der Waals surface area (Å²) in [6.07, 6.45) is 3.01. The van der Waals surface area contributed by atoms with Crippen LogP contribution >= 0.6 is 0 Å². The van der Waals surface area contributed by atoms with E-state index >= 15 is 0 Å². The number of aliphatic hydroxyl groups excluding tert-OH is 1. The highest BCUT2D eigenvalue weighted by molar-refractivity contribution is 6.46. The predicted molar refractivity (Wildman–Crippen MR) is 116 cm³/mol. The summed E-state index contributed by atoms with van der Waals surface area (Å²) < 4.78 is 16.6.